The number of nitrogens with two attached hydrogens (primary N) is 1. The summed E-state index contributed by atoms with van der Waals surface area (Å²) in [6.45, 7) is 4.59. The van der Waals surface area contributed by atoms with E-state index in [1.54, 1.807) is 0 Å². The number of rotatable bonds is 7. The summed E-state index contributed by atoms with van der Waals surface area (Å²) in [7, 11) is 0. The zero-order valence-corrected chi connectivity index (χ0v) is 12.4. The maximum atomic E-state index is 6.36. The lowest BCUT2D eigenvalue weighted by molar-refractivity contribution is 0.383. The summed E-state index contributed by atoms with van der Waals surface area (Å²) in [5.74, 6) is 4.76. The van der Waals surface area contributed by atoms with Crippen LogP contribution in [0, 0.1) is 5.92 Å². The molecule has 1 nitrogen and oxygen atoms in total. The molecule has 3 heteroatoms. The molecule has 0 saturated carbocycles. The smallest absolute Gasteiger partial charge is 0.0289 e. The number of hydrogen-bond acceptors (Lipinski definition) is 3. The Bertz CT molecular complexity index is 169. The van der Waals surface area contributed by atoms with Crippen molar-refractivity contribution in [3.8, 4) is 0 Å². The standard InChI is InChI=1S/C13H27NS2/c1-3-5-6-11(4-2)9-12(14)13-10-15-7-8-16-13/h11-13H,3-10,14H2,1-2H3. The van der Waals surface area contributed by atoms with Crippen LogP contribution in [0.3, 0.4) is 0 Å². The molecule has 2 N–H and O–H groups in total. The first-order valence-corrected chi connectivity index (χ1v) is 8.93. The van der Waals surface area contributed by atoms with Crippen LogP contribution in [-0.4, -0.2) is 28.6 Å². The zero-order valence-electron chi connectivity index (χ0n) is 10.8. The van der Waals surface area contributed by atoms with Crippen LogP contribution in [0.25, 0.3) is 0 Å². The van der Waals surface area contributed by atoms with Gasteiger partial charge in [-0.1, -0.05) is 39.5 Å². The summed E-state index contributed by atoms with van der Waals surface area (Å²) in [6, 6.07) is 0.430. The zero-order chi connectivity index (χ0) is 11.8. The van der Waals surface area contributed by atoms with Crippen LogP contribution in [-0.2, 0) is 0 Å². The van der Waals surface area contributed by atoms with Gasteiger partial charge in [-0.15, -0.1) is 0 Å². The summed E-state index contributed by atoms with van der Waals surface area (Å²) in [5, 5.41) is 0.717. The molecule has 1 heterocycles. The molecule has 1 aliphatic heterocycles. The second-order valence-corrected chi connectivity index (χ2v) is 7.30. The highest BCUT2D eigenvalue weighted by molar-refractivity contribution is 8.06. The molecule has 0 radical (unpaired) electrons. The predicted molar refractivity (Wildman–Crippen MR) is 79.5 cm³/mol. The number of unbranched alkanes of at least 4 members (excludes halogenated alkanes) is 1. The Kier molecular flexibility index (Phi) is 8.01. The average molecular weight is 261 g/mol. The SMILES string of the molecule is CCCCC(CC)CC(N)C1CSCCS1. The van der Waals surface area contributed by atoms with Gasteiger partial charge in [0.15, 0.2) is 0 Å². The van der Waals surface area contributed by atoms with Crippen molar-refractivity contribution in [2.24, 2.45) is 11.7 Å². The second-order valence-electron chi connectivity index (χ2n) is 4.80. The van der Waals surface area contributed by atoms with Gasteiger partial charge in [0.1, 0.15) is 0 Å². The third kappa shape index (κ3) is 5.33. The third-order valence-corrected chi connectivity index (χ3v) is 6.41. The van der Waals surface area contributed by atoms with Crippen molar-refractivity contribution in [1.29, 1.82) is 0 Å². The molecule has 0 aromatic carbocycles. The average Bonchev–Trinajstić information content (AvgIpc) is 2.35. The van der Waals surface area contributed by atoms with Gasteiger partial charge in [0.05, 0.1) is 0 Å². The van der Waals surface area contributed by atoms with E-state index in [-0.39, 0.29) is 0 Å². The van der Waals surface area contributed by atoms with E-state index in [0.29, 0.717) is 6.04 Å². The number of thioether (sulfide) groups is 2. The summed E-state index contributed by atoms with van der Waals surface area (Å²) < 4.78 is 0. The lowest BCUT2D eigenvalue weighted by Gasteiger charge is -2.29. The first kappa shape index (κ1) is 14.7. The fourth-order valence-electron chi connectivity index (χ4n) is 2.27. The van der Waals surface area contributed by atoms with E-state index in [9.17, 15) is 0 Å². The lowest BCUT2D eigenvalue weighted by Crippen LogP contribution is -2.37. The van der Waals surface area contributed by atoms with Crippen molar-refractivity contribution >= 4 is 23.5 Å². The van der Waals surface area contributed by atoms with E-state index in [2.05, 4.69) is 37.4 Å². The van der Waals surface area contributed by atoms with E-state index in [0.717, 1.165) is 11.2 Å². The minimum Gasteiger partial charge on any atom is -0.327 e. The highest BCUT2D eigenvalue weighted by atomic mass is 32.2. The highest BCUT2D eigenvalue weighted by Gasteiger charge is 2.23. The van der Waals surface area contributed by atoms with Crippen LogP contribution >= 0.6 is 23.5 Å². The van der Waals surface area contributed by atoms with Gasteiger partial charge in [-0.05, 0) is 12.3 Å². The Hall–Kier alpha value is 0.660. The van der Waals surface area contributed by atoms with E-state index < -0.39 is 0 Å². The molecular formula is C13H27NS2. The molecule has 1 aliphatic rings. The molecule has 3 atom stereocenters. The van der Waals surface area contributed by atoms with Gasteiger partial charge in [0.25, 0.3) is 0 Å². The molecule has 0 bridgehead atoms. The van der Waals surface area contributed by atoms with Crippen molar-refractivity contribution in [3.63, 3.8) is 0 Å². The third-order valence-electron chi connectivity index (χ3n) is 3.47. The van der Waals surface area contributed by atoms with Crippen LogP contribution in [0.1, 0.15) is 46.0 Å². The molecule has 3 unspecified atom stereocenters. The quantitative estimate of drug-likeness (QED) is 0.755. The van der Waals surface area contributed by atoms with Crippen molar-refractivity contribution < 1.29 is 0 Å². The Balaban J connectivity index is 2.26. The summed E-state index contributed by atoms with van der Waals surface area (Å²) in [4.78, 5) is 0. The molecule has 1 saturated heterocycles. The van der Waals surface area contributed by atoms with E-state index in [1.165, 1.54) is 49.4 Å². The molecule has 0 aliphatic carbocycles. The molecule has 16 heavy (non-hydrogen) atoms. The minimum atomic E-state index is 0.430. The maximum absolute atomic E-state index is 6.36. The van der Waals surface area contributed by atoms with E-state index >= 15 is 0 Å². The van der Waals surface area contributed by atoms with Crippen molar-refractivity contribution in [3.05, 3.63) is 0 Å². The molecular weight excluding hydrogens is 234 g/mol. The second kappa shape index (κ2) is 8.71. The fourth-order valence-corrected chi connectivity index (χ4v) is 5.11. The topological polar surface area (TPSA) is 26.0 Å². The molecule has 0 spiro atoms. The van der Waals surface area contributed by atoms with Crippen molar-refractivity contribution in [2.45, 2.75) is 57.2 Å². The molecule has 0 aromatic rings. The van der Waals surface area contributed by atoms with Crippen LogP contribution in [0.15, 0.2) is 0 Å². The van der Waals surface area contributed by atoms with Gasteiger partial charge in [-0.3, -0.25) is 0 Å². The van der Waals surface area contributed by atoms with E-state index in [1.807, 2.05) is 0 Å². The molecule has 0 aromatic heterocycles. The minimum absolute atomic E-state index is 0.430. The predicted octanol–water partition coefficient (Wildman–Crippen LogP) is 3.77. The maximum Gasteiger partial charge on any atom is 0.0289 e. The van der Waals surface area contributed by atoms with Crippen molar-refractivity contribution in [2.75, 3.05) is 17.3 Å². The van der Waals surface area contributed by atoms with Crippen LogP contribution < -0.4 is 5.73 Å². The van der Waals surface area contributed by atoms with Crippen LogP contribution in [0.2, 0.25) is 0 Å². The van der Waals surface area contributed by atoms with Crippen LogP contribution in [0.4, 0.5) is 0 Å². The molecule has 1 fully saturated rings. The molecule has 96 valence electrons. The largest absolute Gasteiger partial charge is 0.327 e. The summed E-state index contributed by atoms with van der Waals surface area (Å²) >= 11 is 4.18. The number of hydrogen-bond donors (Lipinski definition) is 1. The van der Waals surface area contributed by atoms with Gasteiger partial charge in [0, 0.05) is 28.6 Å². The molecule has 1 rings (SSSR count). The monoisotopic (exact) mass is 261 g/mol. The highest BCUT2D eigenvalue weighted by Crippen LogP contribution is 2.29. The first-order valence-electron chi connectivity index (χ1n) is 6.72. The van der Waals surface area contributed by atoms with Gasteiger partial charge in [0.2, 0.25) is 0 Å². The van der Waals surface area contributed by atoms with Gasteiger partial charge < -0.3 is 5.73 Å². The Morgan fingerprint density at radius 1 is 1.31 bits per heavy atom. The lowest BCUT2D eigenvalue weighted by atomic mass is 9.91. The van der Waals surface area contributed by atoms with Gasteiger partial charge in [-0.2, -0.15) is 23.5 Å². The van der Waals surface area contributed by atoms with Gasteiger partial charge >= 0.3 is 0 Å². The summed E-state index contributed by atoms with van der Waals surface area (Å²) in [5.41, 5.74) is 6.36. The fraction of sp³-hybridized carbons (Fsp3) is 1.00. The van der Waals surface area contributed by atoms with Gasteiger partial charge in [-0.25, -0.2) is 0 Å². The summed E-state index contributed by atoms with van der Waals surface area (Å²) in [6.07, 6.45) is 6.62. The normalized spacial score (nSPS) is 25.3. The first-order chi connectivity index (χ1) is 7.77. The Morgan fingerprint density at radius 3 is 2.69 bits per heavy atom. The van der Waals surface area contributed by atoms with Crippen molar-refractivity contribution in [1.82, 2.24) is 0 Å². The Morgan fingerprint density at radius 2 is 2.12 bits per heavy atom. The van der Waals surface area contributed by atoms with Crippen LogP contribution in [0.5, 0.6) is 0 Å². The Labute approximate surface area is 110 Å². The molecule has 0 amide bonds. The van der Waals surface area contributed by atoms with E-state index in [4.69, 9.17) is 5.73 Å².